The van der Waals surface area contributed by atoms with Crippen molar-refractivity contribution in [2.75, 3.05) is 6.54 Å². The molecule has 8 heteroatoms. The molecule has 3 aromatic heterocycles. The van der Waals surface area contributed by atoms with Crippen LogP contribution in [0, 0.1) is 0 Å². The van der Waals surface area contributed by atoms with Crippen molar-refractivity contribution in [2.24, 2.45) is 0 Å². The molecule has 128 valence electrons. The Labute approximate surface area is 148 Å². The summed E-state index contributed by atoms with van der Waals surface area (Å²) >= 11 is 6.08. The van der Waals surface area contributed by atoms with E-state index in [2.05, 4.69) is 15.6 Å². The van der Waals surface area contributed by atoms with Gasteiger partial charge in [-0.15, -0.1) is 0 Å². The number of nitrogens with zero attached hydrogens (tertiary/aromatic N) is 2. The fourth-order valence-electron chi connectivity index (χ4n) is 2.18. The molecule has 0 saturated carbocycles. The molecule has 0 spiro atoms. The van der Waals surface area contributed by atoms with Gasteiger partial charge in [0, 0.05) is 12.3 Å². The number of aromatic nitrogens is 2. The van der Waals surface area contributed by atoms with E-state index >= 15 is 0 Å². The first-order valence-electron chi connectivity index (χ1n) is 7.51. The lowest BCUT2D eigenvalue weighted by atomic mass is 10.3. The number of hydrogen-bond donors (Lipinski definition) is 2. The number of fused-ring (bicyclic) bond motifs is 1. The van der Waals surface area contributed by atoms with Crippen molar-refractivity contribution in [3.05, 3.63) is 65.5 Å². The van der Waals surface area contributed by atoms with Crippen molar-refractivity contribution in [1.82, 2.24) is 20.0 Å². The van der Waals surface area contributed by atoms with E-state index in [0.717, 1.165) is 0 Å². The van der Waals surface area contributed by atoms with E-state index in [9.17, 15) is 9.59 Å². The van der Waals surface area contributed by atoms with Crippen molar-refractivity contribution in [2.45, 2.75) is 6.54 Å². The second-order valence-electron chi connectivity index (χ2n) is 5.12. The Morgan fingerprint density at radius 2 is 2.12 bits per heavy atom. The van der Waals surface area contributed by atoms with Crippen molar-refractivity contribution in [3.8, 4) is 0 Å². The van der Waals surface area contributed by atoms with E-state index < -0.39 is 5.91 Å². The third-order valence-electron chi connectivity index (χ3n) is 3.38. The minimum absolute atomic E-state index is 0.134. The normalized spacial score (nSPS) is 11.1. The zero-order valence-corrected chi connectivity index (χ0v) is 13.9. The van der Waals surface area contributed by atoms with E-state index in [1.54, 1.807) is 28.8 Å². The minimum atomic E-state index is -0.407. The summed E-state index contributed by atoms with van der Waals surface area (Å²) in [7, 11) is 0. The van der Waals surface area contributed by atoms with Crippen molar-refractivity contribution < 1.29 is 14.0 Å². The van der Waals surface area contributed by atoms with E-state index in [1.165, 1.54) is 12.3 Å². The number of furan rings is 1. The maximum absolute atomic E-state index is 11.9. The smallest absolute Gasteiger partial charge is 0.244 e. The molecule has 0 bridgehead atoms. The van der Waals surface area contributed by atoms with Crippen molar-refractivity contribution in [3.63, 3.8) is 0 Å². The summed E-state index contributed by atoms with van der Waals surface area (Å²) in [6.45, 7) is 0.139. The quantitative estimate of drug-likeness (QED) is 0.660. The lowest BCUT2D eigenvalue weighted by Crippen LogP contribution is -2.35. The van der Waals surface area contributed by atoms with Crippen LogP contribution in [-0.2, 0) is 16.1 Å². The highest BCUT2D eigenvalue weighted by atomic mass is 35.5. The third-order valence-corrected chi connectivity index (χ3v) is 3.66. The zero-order chi connectivity index (χ0) is 17.6. The number of imidazole rings is 1. The van der Waals surface area contributed by atoms with Gasteiger partial charge in [-0.3, -0.25) is 14.0 Å². The second-order valence-corrected chi connectivity index (χ2v) is 5.48. The van der Waals surface area contributed by atoms with E-state index in [-0.39, 0.29) is 19.0 Å². The number of pyridine rings is 1. The van der Waals surface area contributed by atoms with Gasteiger partial charge in [0.1, 0.15) is 11.4 Å². The summed E-state index contributed by atoms with van der Waals surface area (Å²) in [6, 6.07) is 8.99. The first-order valence-corrected chi connectivity index (χ1v) is 7.89. The number of amides is 2. The zero-order valence-electron chi connectivity index (χ0n) is 13.1. The van der Waals surface area contributed by atoms with Gasteiger partial charge in [-0.1, -0.05) is 17.7 Å². The summed E-state index contributed by atoms with van der Waals surface area (Å²) in [5.41, 5.74) is 1.28. The average molecular weight is 359 g/mol. The topological polar surface area (TPSA) is 88.6 Å². The van der Waals surface area contributed by atoms with Crippen LogP contribution < -0.4 is 10.6 Å². The molecule has 0 radical (unpaired) electrons. The molecular weight excluding hydrogens is 344 g/mol. The van der Waals surface area contributed by atoms with Crippen LogP contribution in [0.15, 0.2) is 53.3 Å². The summed E-state index contributed by atoms with van der Waals surface area (Å²) in [5, 5.41) is 5.44. The second kappa shape index (κ2) is 7.67. The molecule has 7 nitrogen and oxygen atoms in total. The Morgan fingerprint density at radius 1 is 1.24 bits per heavy atom. The standard InChI is InChI=1S/C17H15ClN4O3/c18-17-13(22-8-2-1-5-14(22)21-17)6-7-15(23)20-11-16(24)19-10-12-4-3-9-25-12/h1-9H,10-11H2,(H,19,24)(H,20,23). The number of rotatable bonds is 6. The average Bonchev–Trinajstić information content (AvgIpc) is 3.23. The first kappa shape index (κ1) is 16.8. The monoisotopic (exact) mass is 358 g/mol. The van der Waals surface area contributed by atoms with Gasteiger partial charge in [-0.25, -0.2) is 4.98 Å². The van der Waals surface area contributed by atoms with Gasteiger partial charge in [-0.2, -0.15) is 0 Å². The Balaban J connectivity index is 1.52. The molecule has 25 heavy (non-hydrogen) atoms. The predicted octanol–water partition coefficient (Wildman–Crippen LogP) is 2.03. The van der Waals surface area contributed by atoms with Crippen LogP contribution in [0.3, 0.4) is 0 Å². The maximum atomic E-state index is 11.9. The summed E-state index contributed by atoms with van der Waals surface area (Å²) < 4.78 is 6.87. The highest BCUT2D eigenvalue weighted by Crippen LogP contribution is 2.18. The molecule has 2 amide bonds. The van der Waals surface area contributed by atoms with E-state index in [1.807, 2.05) is 18.2 Å². The van der Waals surface area contributed by atoms with Crippen LogP contribution in [0.5, 0.6) is 0 Å². The molecule has 0 aliphatic carbocycles. The van der Waals surface area contributed by atoms with Gasteiger partial charge in [0.2, 0.25) is 11.8 Å². The van der Waals surface area contributed by atoms with Crippen LogP contribution in [0.2, 0.25) is 5.15 Å². The Bertz CT molecular complexity index is 915. The highest BCUT2D eigenvalue weighted by molar-refractivity contribution is 6.31. The number of carbonyl (C=O) groups excluding carboxylic acids is 2. The molecule has 0 atom stereocenters. The van der Waals surface area contributed by atoms with Crippen LogP contribution in [-0.4, -0.2) is 27.7 Å². The largest absolute Gasteiger partial charge is 0.467 e. The van der Waals surface area contributed by atoms with Gasteiger partial charge in [0.05, 0.1) is 25.0 Å². The summed E-state index contributed by atoms with van der Waals surface area (Å²) in [4.78, 5) is 27.7. The molecule has 0 unspecified atom stereocenters. The fraction of sp³-hybridized carbons (Fsp3) is 0.118. The molecule has 0 aliphatic rings. The van der Waals surface area contributed by atoms with Crippen LogP contribution >= 0.6 is 11.6 Å². The lowest BCUT2D eigenvalue weighted by molar-refractivity contribution is -0.124. The maximum Gasteiger partial charge on any atom is 0.244 e. The van der Waals surface area contributed by atoms with E-state index in [4.69, 9.17) is 16.0 Å². The van der Waals surface area contributed by atoms with Crippen molar-refractivity contribution in [1.29, 1.82) is 0 Å². The minimum Gasteiger partial charge on any atom is -0.467 e. The SMILES string of the molecule is O=C(C=Cc1c(Cl)nc2ccccn12)NCC(=O)NCc1ccco1. The van der Waals surface area contributed by atoms with Crippen LogP contribution in [0.25, 0.3) is 11.7 Å². The molecule has 0 aromatic carbocycles. The predicted molar refractivity (Wildman–Crippen MR) is 92.8 cm³/mol. The molecule has 3 heterocycles. The van der Waals surface area contributed by atoms with Crippen LogP contribution in [0.4, 0.5) is 0 Å². The first-order chi connectivity index (χ1) is 12.1. The Kier molecular flexibility index (Phi) is 5.15. The fourth-order valence-corrected chi connectivity index (χ4v) is 2.42. The van der Waals surface area contributed by atoms with Gasteiger partial charge in [0.15, 0.2) is 5.15 Å². The third kappa shape index (κ3) is 4.27. The van der Waals surface area contributed by atoms with E-state index in [0.29, 0.717) is 22.3 Å². The number of halogens is 1. The highest BCUT2D eigenvalue weighted by Gasteiger charge is 2.08. The van der Waals surface area contributed by atoms with Gasteiger partial charge in [0.25, 0.3) is 0 Å². The van der Waals surface area contributed by atoms with Gasteiger partial charge < -0.3 is 15.1 Å². The number of nitrogens with one attached hydrogen (secondary N) is 2. The number of carbonyl (C=O) groups is 2. The van der Waals surface area contributed by atoms with Gasteiger partial charge >= 0.3 is 0 Å². The molecule has 0 aliphatic heterocycles. The van der Waals surface area contributed by atoms with Crippen LogP contribution in [0.1, 0.15) is 11.5 Å². The van der Waals surface area contributed by atoms with Crippen molar-refractivity contribution >= 4 is 35.1 Å². The molecular formula is C17H15ClN4O3. The van der Waals surface area contributed by atoms with Gasteiger partial charge in [-0.05, 0) is 30.3 Å². The molecule has 0 fully saturated rings. The molecule has 3 rings (SSSR count). The molecule has 0 saturated heterocycles. The Hall–Kier alpha value is -3.06. The number of hydrogen-bond acceptors (Lipinski definition) is 4. The Morgan fingerprint density at radius 3 is 2.92 bits per heavy atom. The molecule has 2 N–H and O–H groups in total. The lowest BCUT2D eigenvalue weighted by Gasteiger charge is -2.03. The molecule has 3 aromatic rings. The summed E-state index contributed by atoms with van der Waals surface area (Å²) in [6.07, 6.45) is 6.19. The summed E-state index contributed by atoms with van der Waals surface area (Å²) in [5.74, 6) is -0.0806.